The molecule has 1 N–H and O–H groups in total. The highest BCUT2D eigenvalue weighted by atomic mass is 16.2. The van der Waals surface area contributed by atoms with Gasteiger partial charge in [-0.1, -0.05) is 17.7 Å². The highest BCUT2D eigenvalue weighted by Gasteiger charge is 2.33. The highest BCUT2D eigenvalue weighted by molar-refractivity contribution is 6.26. The summed E-state index contributed by atoms with van der Waals surface area (Å²) in [6, 6.07) is 3.13. The zero-order valence-corrected chi connectivity index (χ0v) is 10.5. The first kappa shape index (κ1) is 12.3. The Morgan fingerprint density at radius 2 is 1.61 bits per heavy atom. The van der Waals surface area contributed by atoms with Crippen LogP contribution in [-0.2, 0) is 9.59 Å². The van der Waals surface area contributed by atoms with Crippen molar-refractivity contribution < 1.29 is 14.4 Å². The third-order valence-electron chi connectivity index (χ3n) is 2.87. The van der Waals surface area contributed by atoms with E-state index < -0.39 is 17.8 Å². The highest BCUT2D eigenvalue weighted by Crippen LogP contribution is 2.28. The molecular formula is C13H14N2O3. The minimum Gasteiger partial charge on any atom is -0.277 e. The van der Waals surface area contributed by atoms with Gasteiger partial charge >= 0.3 is 6.03 Å². The Hall–Kier alpha value is -2.17. The van der Waals surface area contributed by atoms with Gasteiger partial charge in [0.15, 0.2) is 0 Å². The van der Waals surface area contributed by atoms with Crippen LogP contribution in [0.1, 0.15) is 23.1 Å². The van der Waals surface area contributed by atoms with Gasteiger partial charge in [-0.05, 0) is 31.9 Å². The van der Waals surface area contributed by atoms with Gasteiger partial charge in [0, 0.05) is 0 Å². The Morgan fingerprint density at radius 3 is 2.11 bits per heavy atom. The average Bonchev–Trinajstić information content (AvgIpc) is 2.20. The molecule has 0 spiro atoms. The van der Waals surface area contributed by atoms with Crippen molar-refractivity contribution in [3.8, 4) is 0 Å². The first-order valence-electron chi connectivity index (χ1n) is 5.65. The molecule has 1 aliphatic heterocycles. The van der Waals surface area contributed by atoms with Crippen LogP contribution >= 0.6 is 0 Å². The van der Waals surface area contributed by atoms with Crippen molar-refractivity contribution in [2.45, 2.75) is 27.2 Å². The molecular weight excluding hydrogens is 232 g/mol. The molecule has 0 aromatic heterocycles. The number of anilines is 1. The molecule has 1 aromatic carbocycles. The second-order valence-electron chi connectivity index (χ2n) is 4.51. The zero-order valence-electron chi connectivity index (χ0n) is 10.5. The number of barbiturate groups is 1. The lowest BCUT2D eigenvalue weighted by atomic mass is 10.0. The Kier molecular flexibility index (Phi) is 2.90. The number of aryl methyl sites for hydroxylation is 3. The number of benzene rings is 1. The molecule has 1 saturated heterocycles. The van der Waals surface area contributed by atoms with Crippen LogP contribution in [0.4, 0.5) is 10.5 Å². The first-order valence-corrected chi connectivity index (χ1v) is 5.65. The number of rotatable bonds is 1. The van der Waals surface area contributed by atoms with E-state index >= 15 is 0 Å². The van der Waals surface area contributed by atoms with Gasteiger partial charge in [0.25, 0.3) is 0 Å². The number of imide groups is 2. The molecule has 0 atom stereocenters. The van der Waals surface area contributed by atoms with Gasteiger partial charge in [-0.2, -0.15) is 0 Å². The summed E-state index contributed by atoms with van der Waals surface area (Å²) in [6.45, 7) is 5.63. The number of hydrogen-bond donors (Lipinski definition) is 1. The summed E-state index contributed by atoms with van der Waals surface area (Å²) in [5.41, 5.74) is 3.31. The summed E-state index contributed by atoms with van der Waals surface area (Å²) in [6.07, 6.45) is -0.293. The van der Waals surface area contributed by atoms with Gasteiger partial charge in [-0.15, -0.1) is 0 Å². The predicted molar refractivity (Wildman–Crippen MR) is 66.3 cm³/mol. The van der Waals surface area contributed by atoms with Crippen LogP contribution in [0.2, 0.25) is 0 Å². The second kappa shape index (κ2) is 4.25. The second-order valence-corrected chi connectivity index (χ2v) is 4.51. The van der Waals surface area contributed by atoms with E-state index in [-0.39, 0.29) is 6.42 Å². The van der Waals surface area contributed by atoms with Crippen LogP contribution < -0.4 is 10.2 Å². The summed E-state index contributed by atoms with van der Waals surface area (Å²) >= 11 is 0. The average molecular weight is 246 g/mol. The smallest absolute Gasteiger partial charge is 0.277 e. The Balaban J connectivity index is 2.52. The van der Waals surface area contributed by atoms with Crippen molar-refractivity contribution in [2.75, 3.05) is 4.90 Å². The van der Waals surface area contributed by atoms with Crippen LogP contribution in [0, 0.1) is 20.8 Å². The molecule has 94 valence electrons. The summed E-state index contributed by atoms with van der Waals surface area (Å²) in [5.74, 6) is -1.04. The van der Waals surface area contributed by atoms with E-state index in [0.29, 0.717) is 5.69 Å². The minimum absolute atomic E-state index is 0.293. The van der Waals surface area contributed by atoms with Crippen LogP contribution in [0.25, 0.3) is 0 Å². The number of carbonyl (C=O) groups is 3. The lowest BCUT2D eigenvalue weighted by Gasteiger charge is -2.27. The van der Waals surface area contributed by atoms with Crippen molar-refractivity contribution in [3.05, 3.63) is 28.8 Å². The van der Waals surface area contributed by atoms with E-state index in [4.69, 9.17) is 0 Å². The molecule has 18 heavy (non-hydrogen) atoms. The van der Waals surface area contributed by atoms with Crippen molar-refractivity contribution in [3.63, 3.8) is 0 Å². The summed E-state index contributed by atoms with van der Waals surface area (Å²) in [5, 5.41) is 2.15. The molecule has 0 bridgehead atoms. The van der Waals surface area contributed by atoms with E-state index in [1.54, 1.807) is 0 Å². The Labute approximate surface area is 105 Å². The molecule has 5 heteroatoms. The molecule has 5 nitrogen and oxygen atoms in total. The molecule has 1 aromatic rings. The van der Waals surface area contributed by atoms with Crippen LogP contribution in [0.3, 0.4) is 0 Å². The fraction of sp³-hybridized carbons (Fsp3) is 0.308. The SMILES string of the molecule is Cc1cc(C)c(N2C(=O)CC(=O)NC2=O)c(C)c1. The number of hydrogen-bond acceptors (Lipinski definition) is 3. The molecule has 0 saturated carbocycles. The van der Waals surface area contributed by atoms with E-state index in [2.05, 4.69) is 5.32 Å². The first-order chi connectivity index (χ1) is 8.40. The maximum Gasteiger partial charge on any atom is 0.335 e. The van der Waals surface area contributed by atoms with Gasteiger partial charge in [0.1, 0.15) is 6.42 Å². The maximum absolute atomic E-state index is 11.8. The van der Waals surface area contributed by atoms with Crippen molar-refractivity contribution in [1.82, 2.24) is 5.32 Å². The zero-order chi connectivity index (χ0) is 13.4. The molecule has 4 amide bonds. The third kappa shape index (κ3) is 1.99. The molecule has 0 radical (unpaired) electrons. The van der Waals surface area contributed by atoms with E-state index in [9.17, 15) is 14.4 Å². The fourth-order valence-electron chi connectivity index (χ4n) is 2.30. The maximum atomic E-state index is 11.8. The molecule has 1 aliphatic rings. The summed E-state index contributed by atoms with van der Waals surface area (Å²) in [4.78, 5) is 35.8. The number of nitrogens with zero attached hydrogens (tertiary/aromatic N) is 1. The lowest BCUT2D eigenvalue weighted by molar-refractivity contribution is -0.128. The van der Waals surface area contributed by atoms with Crippen LogP contribution in [0.5, 0.6) is 0 Å². The van der Waals surface area contributed by atoms with Crippen molar-refractivity contribution in [2.24, 2.45) is 0 Å². The topological polar surface area (TPSA) is 66.5 Å². The van der Waals surface area contributed by atoms with Gasteiger partial charge < -0.3 is 0 Å². The number of urea groups is 1. The molecule has 2 rings (SSSR count). The lowest BCUT2D eigenvalue weighted by Crippen LogP contribution is -2.53. The van der Waals surface area contributed by atoms with Gasteiger partial charge in [0.2, 0.25) is 11.8 Å². The van der Waals surface area contributed by atoms with E-state index in [1.807, 2.05) is 32.9 Å². The largest absolute Gasteiger partial charge is 0.335 e. The van der Waals surface area contributed by atoms with Crippen LogP contribution in [-0.4, -0.2) is 17.8 Å². The standard InChI is InChI=1S/C13H14N2O3/c1-7-4-8(2)12(9(3)5-7)15-11(17)6-10(16)14-13(15)18/h4-5H,6H2,1-3H3,(H,14,16,18). The van der Waals surface area contributed by atoms with Gasteiger partial charge in [-0.25, -0.2) is 9.69 Å². The number of amides is 4. The minimum atomic E-state index is -0.675. The summed E-state index contributed by atoms with van der Waals surface area (Å²) < 4.78 is 0. The van der Waals surface area contributed by atoms with Gasteiger partial charge in [0.05, 0.1) is 5.69 Å². The molecule has 0 aliphatic carbocycles. The quantitative estimate of drug-likeness (QED) is 0.765. The van der Waals surface area contributed by atoms with Crippen LogP contribution in [0.15, 0.2) is 12.1 Å². The van der Waals surface area contributed by atoms with Crippen molar-refractivity contribution in [1.29, 1.82) is 0 Å². The predicted octanol–water partition coefficient (Wildman–Crippen LogP) is 1.58. The van der Waals surface area contributed by atoms with E-state index in [1.165, 1.54) is 0 Å². The fourth-order valence-corrected chi connectivity index (χ4v) is 2.30. The van der Waals surface area contributed by atoms with E-state index in [0.717, 1.165) is 21.6 Å². The van der Waals surface area contributed by atoms with Gasteiger partial charge in [-0.3, -0.25) is 14.9 Å². The molecule has 1 fully saturated rings. The third-order valence-corrected chi connectivity index (χ3v) is 2.87. The van der Waals surface area contributed by atoms with Crippen molar-refractivity contribution >= 4 is 23.5 Å². The monoisotopic (exact) mass is 246 g/mol. The molecule has 1 heterocycles. The Bertz CT molecular complexity index is 520. The molecule has 0 unspecified atom stereocenters. The number of carbonyl (C=O) groups excluding carboxylic acids is 3. The normalized spacial score (nSPS) is 15.9. The number of nitrogens with one attached hydrogen (secondary N) is 1. The summed E-state index contributed by atoms with van der Waals surface area (Å²) in [7, 11) is 0. The Morgan fingerprint density at radius 1 is 1.06 bits per heavy atom.